The van der Waals surface area contributed by atoms with E-state index in [1.807, 2.05) is 20.8 Å². The molecule has 4 nitrogen and oxygen atoms in total. The van der Waals surface area contributed by atoms with Gasteiger partial charge >= 0.3 is 6.09 Å². The molecule has 0 aliphatic carbocycles. The highest BCUT2D eigenvalue weighted by Crippen LogP contribution is 2.23. The molecule has 0 N–H and O–H groups in total. The van der Waals surface area contributed by atoms with E-state index < -0.39 is 5.60 Å². The molecule has 1 rings (SSSR count). The molecule has 1 aliphatic rings. The van der Waals surface area contributed by atoms with Crippen LogP contribution in [0.3, 0.4) is 0 Å². The average Bonchev–Trinajstić information content (AvgIpc) is 2.12. The van der Waals surface area contributed by atoms with Gasteiger partial charge in [0.25, 0.3) is 0 Å². The summed E-state index contributed by atoms with van der Waals surface area (Å²) in [5.74, 6) is 0.604. The van der Waals surface area contributed by atoms with Gasteiger partial charge in [0.1, 0.15) is 24.0 Å². The van der Waals surface area contributed by atoms with E-state index in [4.69, 9.17) is 9.47 Å². The topological polar surface area (TPSA) is 38.8 Å². The lowest BCUT2D eigenvalue weighted by Gasteiger charge is -2.39. The third kappa shape index (κ3) is 3.02. The van der Waals surface area contributed by atoms with Gasteiger partial charge in [0.05, 0.1) is 0 Å². The van der Waals surface area contributed by atoms with Gasteiger partial charge in [0.15, 0.2) is 0 Å². The number of hydrogen-bond acceptors (Lipinski definition) is 3. The summed E-state index contributed by atoms with van der Waals surface area (Å²) in [6.07, 6.45) is 1.30. The first-order valence-corrected chi connectivity index (χ1v) is 5.27. The van der Waals surface area contributed by atoms with E-state index in [-0.39, 0.29) is 12.1 Å². The first-order chi connectivity index (χ1) is 7.35. The molecule has 1 saturated heterocycles. The van der Waals surface area contributed by atoms with E-state index >= 15 is 0 Å². The SMILES string of the molecule is C=CCN(C(=O)OC(C)(C)C)C1COC1=C. The second kappa shape index (κ2) is 4.60. The van der Waals surface area contributed by atoms with Crippen molar-refractivity contribution in [3.05, 3.63) is 25.0 Å². The normalized spacial score (nSPS) is 19.4. The van der Waals surface area contributed by atoms with Crippen LogP contribution in [0.2, 0.25) is 0 Å². The van der Waals surface area contributed by atoms with Crippen molar-refractivity contribution in [1.29, 1.82) is 0 Å². The molecule has 1 amide bonds. The van der Waals surface area contributed by atoms with E-state index in [0.29, 0.717) is 18.9 Å². The minimum Gasteiger partial charge on any atom is -0.494 e. The summed E-state index contributed by atoms with van der Waals surface area (Å²) < 4.78 is 10.4. The van der Waals surface area contributed by atoms with E-state index in [1.165, 1.54) is 0 Å². The molecule has 90 valence electrons. The third-order valence-corrected chi connectivity index (χ3v) is 2.13. The van der Waals surface area contributed by atoms with Gasteiger partial charge in [-0.15, -0.1) is 6.58 Å². The largest absolute Gasteiger partial charge is 0.494 e. The highest BCUT2D eigenvalue weighted by Gasteiger charge is 2.35. The summed E-state index contributed by atoms with van der Waals surface area (Å²) in [5, 5.41) is 0. The number of hydrogen-bond donors (Lipinski definition) is 0. The van der Waals surface area contributed by atoms with Crippen LogP contribution in [-0.2, 0) is 9.47 Å². The van der Waals surface area contributed by atoms with Crippen molar-refractivity contribution in [1.82, 2.24) is 4.90 Å². The molecular weight excluding hydrogens is 206 g/mol. The molecule has 0 aromatic rings. The van der Waals surface area contributed by atoms with E-state index in [2.05, 4.69) is 13.2 Å². The fourth-order valence-electron chi connectivity index (χ4n) is 1.33. The summed E-state index contributed by atoms with van der Waals surface area (Å²) in [6.45, 7) is 13.8. The zero-order chi connectivity index (χ0) is 12.3. The maximum atomic E-state index is 11.9. The monoisotopic (exact) mass is 225 g/mol. The summed E-state index contributed by atoms with van der Waals surface area (Å²) in [7, 11) is 0. The highest BCUT2D eigenvalue weighted by molar-refractivity contribution is 5.69. The van der Waals surface area contributed by atoms with E-state index in [9.17, 15) is 4.79 Å². The number of carbonyl (C=O) groups excluding carboxylic acids is 1. The van der Waals surface area contributed by atoms with Crippen LogP contribution < -0.4 is 0 Å². The Balaban J connectivity index is 2.66. The van der Waals surface area contributed by atoms with Gasteiger partial charge in [0, 0.05) is 6.54 Å². The molecule has 1 fully saturated rings. The minimum absolute atomic E-state index is 0.0900. The van der Waals surface area contributed by atoms with Crippen LogP contribution in [0.1, 0.15) is 20.8 Å². The second-order valence-corrected chi connectivity index (χ2v) is 4.71. The molecule has 4 heteroatoms. The van der Waals surface area contributed by atoms with Gasteiger partial charge in [-0.1, -0.05) is 12.7 Å². The standard InChI is InChI=1S/C12H19NO3/c1-6-7-13(10-8-15-9(10)2)11(14)16-12(3,4)5/h6,10H,1-2,7-8H2,3-5H3. The Bertz CT molecular complexity index is 304. The summed E-state index contributed by atoms with van der Waals surface area (Å²) in [5.41, 5.74) is -0.498. The third-order valence-electron chi connectivity index (χ3n) is 2.13. The number of ether oxygens (including phenoxy) is 2. The fraction of sp³-hybridized carbons (Fsp3) is 0.583. The van der Waals surface area contributed by atoms with Gasteiger partial charge in [-0.2, -0.15) is 0 Å². The molecule has 16 heavy (non-hydrogen) atoms. The Hall–Kier alpha value is -1.45. The molecule has 1 unspecified atom stereocenters. The van der Waals surface area contributed by atoms with Crippen molar-refractivity contribution in [2.75, 3.05) is 13.2 Å². The molecule has 1 aliphatic heterocycles. The van der Waals surface area contributed by atoms with Crippen LogP contribution in [0.25, 0.3) is 0 Å². The van der Waals surface area contributed by atoms with Crippen LogP contribution >= 0.6 is 0 Å². The summed E-state index contributed by atoms with van der Waals surface area (Å²) >= 11 is 0. The number of rotatable bonds is 3. The molecule has 1 heterocycles. The Morgan fingerprint density at radius 2 is 2.31 bits per heavy atom. The lowest BCUT2D eigenvalue weighted by atomic mass is 10.1. The lowest BCUT2D eigenvalue weighted by Crippen LogP contribution is -2.51. The molecule has 0 radical (unpaired) electrons. The number of carbonyl (C=O) groups is 1. The van der Waals surface area contributed by atoms with Crippen molar-refractivity contribution in [3.63, 3.8) is 0 Å². The van der Waals surface area contributed by atoms with Crippen LogP contribution in [0, 0.1) is 0 Å². The number of nitrogens with zero attached hydrogens (tertiary/aromatic N) is 1. The van der Waals surface area contributed by atoms with Crippen LogP contribution in [0.15, 0.2) is 25.0 Å². The van der Waals surface area contributed by atoms with Crippen LogP contribution in [0.5, 0.6) is 0 Å². The second-order valence-electron chi connectivity index (χ2n) is 4.71. The highest BCUT2D eigenvalue weighted by atomic mass is 16.6. The van der Waals surface area contributed by atoms with Gasteiger partial charge in [-0.05, 0) is 20.8 Å². The van der Waals surface area contributed by atoms with Gasteiger partial charge in [-0.25, -0.2) is 4.79 Å². The molecule has 0 bridgehead atoms. The summed E-state index contributed by atoms with van der Waals surface area (Å²) in [4.78, 5) is 13.5. The van der Waals surface area contributed by atoms with Crippen LogP contribution in [-0.4, -0.2) is 35.8 Å². The molecule has 0 spiro atoms. The van der Waals surface area contributed by atoms with Gasteiger partial charge in [0.2, 0.25) is 0 Å². The molecule has 0 saturated carbocycles. The first kappa shape index (κ1) is 12.6. The van der Waals surface area contributed by atoms with Crippen molar-refractivity contribution in [2.24, 2.45) is 0 Å². The van der Waals surface area contributed by atoms with Gasteiger partial charge in [-0.3, -0.25) is 4.90 Å². The van der Waals surface area contributed by atoms with E-state index in [1.54, 1.807) is 11.0 Å². The molecule has 1 atom stereocenters. The Labute approximate surface area is 96.5 Å². The zero-order valence-electron chi connectivity index (χ0n) is 10.2. The number of amides is 1. The maximum Gasteiger partial charge on any atom is 0.411 e. The lowest BCUT2D eigenvalue weighted by molar-refractivity contribution is -0.0219. The van der Waals surface area contributed by atoms with E-state index in [0.717, 1.165) is 0 Å². The maximum absolute atomic E-state index is 11.9. The predicted molar refractivity (Wildman–Crippen MR) is 62.0 cm³/mol. The van der Waals surface area contributed by atoms with Gasteiger partial charge < -0.3 is 9.47 Å². The Kier molecular flexibility index (Phi) is 3.62. The average molecular weight is 225 g/mol. The van der Waals surface area contributed by atoms with Crippen molar-refractivity contribution in [2.45, 2.75) is 32.4 Å². The first-order valence-electron chi connectivity index (χ1n) is 5.27. The molecule has 0 aromatic carbocycles. The predicted octanol–water partition coefficient (Wildman–Crippen LogP) is 2.32. The zero-order valence-corrected chi connectivity index (χ0v) is 10.2. The summed E-state index contributed by atoms with van der Waals surface area (Å²) in [6, 6.07) is -0.0900. The quantitative estimate of drug-likeness (QED) is 0.692. The van der Waals surface area contributed by atoms with Crippen molar-refractivity contribution >= 4 is 6.09 Å². The van der Waals surface area contributed by atoms with Crippen molar-refractivity contribution in [3.8, 4) is 0 Å². The smallest absolute Gasteiger partial charge is 0.411 e. The van der Waals surface area contributed by atoms with Crippen LogP contribution in [0.4, 0.5) is 4.79 Å². The molecular formula is C12H19NO3. The Morgan fingerprint density at radius 1 is 1.69 bits per heavy atom. The minimum atomic E-state index is -0.498. The molecule has 0 aromatic heterocycles. The van der Waals surface area contributed by atoms with Crippen molar-refractivity contribution < 1.29 is 14.3 Å². The fourth-order valence-corrected chi connectivity index (χ4v) is 1.33. The Morgan fingerprint density at radius 3 is 2.62 bits per heavy atom.